The fourth-order valence-corrected chi connectivity index (χ4v) is 8.75. The minimum Gasteiger partial charge on any atom is -0.466 e. The fourth-order valence-electron chi connectivity index (χ4n) is 8.75. The third-order valence-electron chi connectivity index (χ3n) is 13.1. The fraction of sp³-hybridized carbons (Fsp3) is 0.929. The highest BCUT2D eigenvalue weighted by molar-refractivity contribution is 5.76. The summed E-state index contributed by atoms with van der Waals surface area (Å²) < 4.78 is 5.47. The molecule has 0 aromatic rings. The van der Waals surface area contributed by atoms with E-state index in [2.05, 4.69) is 31.3 Å². The second-order valence-electron chi connectivity index (χ2n) is 19.3. The summed E-state index contributed by atoms with van der Waals surface area (Å²) in [4.78, 5) is 24.5. The Morgan fingerprint density at radius 2 is 0.758 bits per heavy atom. The molecule has 0 aliphatic rings. The maximum absolute atomic E-state index is 12.4. The lowest BCUT2D eigenvalue weighted by molar-refractivity contribution is -0.143. The van der Waals surface area contributed by atoms with Crippen molar-refractivity contribution in [3.05, 3.63) is 12.2 Å². The van der Waals surface area contributed by atoms with E-state index in [1.807, 2.05) is 0 Å². The van der Waals surface area contributed by atoms with Crippen LogP contribution in [0.2, 0.25) is 0 Å². The first-order valence-corrected chi connectivity index (χ1v) is 27.9. The van der Waals surface area contributed by atoms with E-state index in [1.54, 1.807) is 0 Å². The zero-order valence-electron chi connectivity index (χ0n) is 41.9. The topological polar surface area (TPSA) is 95.9 Å². The van der Waals surface area contributed by atoms with Gasteiger partial charge in [0, 0.05) is 12.8 Å². The first-order chi connectivity index (χ1) is 30.5. The molecule has 0 aromatic carbocycles. The van der Waals surface area contributed by atoms with Crippen LogP contribution in [-0.4, -0.2) is 47.4 Å². The zero-order chi connectivity index (χ0) is 45.1. The van der Waals surface area contributed by atoms with Crippen molar-refractivity contribution in [2.24, 2.45) is 0 Å². The van der Waals surface area contributed by atoms with Gasteiger partial charge in [-0.1, -0.05) is 257 Å². The van der Waals surface area contributed by atoms with Gasteiger partial charge in [0.25, 0.3) is 0 Å². The summed E-state index contributed by atoms with van der Waals surface area (Å²) in [5, 5.41) is 23.2. The van der Waals surface area contributed by atoms with Gasteiger partial charge in [-0.3, -0.25) is 9.59 Å². The number of unbranched alkanes of at least 4 members (excludes halogenated alkanes) is 39. The number of aliphatic hydroxyl groups excluding tert-OH is 2. The summed E-state index contributed by atoms with van der Waals surface area (Å²) in [5.41, 5.74) is 0. The van der Waals surface area contributed by atoms with Crippen LogP contribution in [0.4, 0.5) is 0 Å². The van der Waals surface area contributed by atoms with Crippen LogP contribution in [0.25, 0.3) is 0 Å². The molecule has 0 rings (SSSR count). The van der Waals surface area contributed by atoms with Crippen molar-refractivity contribution in [2.45, 2.75) is 321 Å². The van der Waals surface area contributed by atoms with E-state index in [1.165, 1.54) is 238 Å². The van der Waals surface area contributed by atoms with Crippen LogP contribution in [0, 0.1) is 0 Å². The van der Waals surface area contributed by atoms with Gasteiger partial charge in [0.1, 0.15) is 0 Å². The zero-order valence-corrected chi connectivity index (χ0v) is 41.9. The number of amides is 1. The summed E-state index contributed by atoms with van der Waals surface area (Å²) in [6.45, 7) is 4.95. The van der Waals surface area contributed by atoms with Gasteiger partial charge in [0.15, 0.2) is 0 Å². The third-order valence-corrected chi connectivity index (χ3v) is 13.1. The Bertz CT molecular complexity index is 924. The van der Waals surface area contributed by atoms with Crippen LogP contribution in [0.5, 0.6) is 0 Å². The summed E-state index contributed by atoms with van der Waals surface area (Å²) in [5.74, 6) is -0.0379. The number of ether oxygens (including phenoxy) is 1. The van der Waals surface area contributed by atoms with Gasteiger partial charge < -0.3 is 20.3 Å². The highest BCUT2D eigenvalue weighted by Crippen LogP contribution is 2.17. The monoisotopic (exact) mass is 876 g/mol. The lowest BCUT2D eigenvalue weighted by Gasteiger charge is -2.22. The van der Waals surface area contributed by atoms with Crippen LogP contribution in [-0.2, 0) is 14.3 Å². The van der Waals surface area contributed by atoms with Crippen molar-refractivity contribution < 1.29 is 24.5 Å². The molecule has 2 unspecified atom stereocenters. The molecule has 2 atom stereocenters. The average Bonchev–Trinajstić information content (AvgIpc) is 3.27. The third kappa shape index (κ3) is 48.1. The van der Waals surface area contributed by atoms with E-state index in [9.17, 15) is 19.8 Å². The maximum Gasteiger partial charge on any atom is 0.305 e. The van der Waals surface area contributed by atoms with Gasteiger partial charge in [-0.05, 0) is 51.4 Å². The van der Waals surface area contributed by atoms with Gasteiger partial charge in [0.05, 0.1) is 25.4 Å². The van der Waals surface area contributed by atoms with E-state index in [0.29, 0.717) is 25.9 Å². The molecule has 0 aromatic heterocycles. The average molecular weight is 876 g/mol. The van der Waals surface area contributed by atoms with Crippen molar-refractivity contribution in [1.82, 2.24) is 5.32 Å². The maximum atomic E-state index is 12.4. The molecule has 0 radical (unpaired) electrons. The number of aliphatic hydroxyl groups is 2. The number of nitrogens with one attached hydrogen (secondary N) is 1. The highest BCUT2D eigenvalue weighted by Gasteiger charge is 2.20. The molecule has 6 nitrogen and oxygen atoms in total. The normalized spacial score (nSPS) is 12.6. The Morgan fingerprint density at radius 1 is 0.435 bits per heavy atom. The minimum absolute atomic E-state index is 0.00577. The van der Waals surface area contributed by atoms with Crippen molar-refractivity contribution in [3.8, 4) is 0 Å². The highest BCUT2D eigenvalue weighted by atomic mass is 16.5. The summed E-state index contributed by atoms with van der Waals surface area (Å²) in [6, 6.07) is -0.547. The molecule has 0 aliphatic carbocycles. The molecule has 62 heavy (non-hydrogen) atoms. The lowest BCUT2D eigenvalue weighted by atomic mass is 10.0. The SMILES string of the molecule is CCCCCCCCCCCCCCCC(=O)OCCCCCCCCCC/C=C\CCCCCCCCCC(=O)NC(CO)C(O)CCCCCCCCCCCCCCC. The Labute approximate surface area is 387 Å². The Kier molecular flexibility index (Phi) is 51.0. The lowest BCUT2D eigenvalue weighted by Crippen LogP contribution is -2.45. The Hall–Kier alpha value is -1.40. The van der Waals surface area contributed by atoms with Crippen LogP contribution in [0.1, 0.15) is 309 Å². The number of esters is 1. The summed E-state index contributed by atoms with van der Waals surface area (Å²) in [6.07, 6.45) is 60.5. The number of carbonyl (C=O) groups excluding carboxylic acids is 2. The van der Waals surface area contributed by atoms with Crippen LogP contribution < -0.4 is 5.32 Å². The Balaban J connectivity index is 3.42. The van der Waals surface area contributed by atoms with E-state index >= 15 is 0 Å². The molecule has 0 heterocycles. The number of hydrogen-bond acceptors (Lipinski definition) is 5. The molecule has 0 fully saturated rings. The molecular formula is C56H109NO5. The quantitative estimate of drug-likeness (QED) is 0.0321. The van der Waals surface area contributed by atoms with E-state index < -0.39 is 12.1 Å². The number of hydrogen-bond donors (Lipinski definition) is 3. The largest absolute Gasteiger partial charge is 0.466 e. The molecule has 6 heteroatoms. The summed E-state index contributed by atoms with van der Waals surface area (Å²) >= 11 is 0. The minimum atomic E-state index is -0.668. The summed E-state index contributed by atoms with van der Waals surface area (Å²) in [7, 11) is 0. The second-order valence-corrected chi connectivity index (χ2v) is 19.3. The molecule has 1 amide bonds. The van der Waals surface area contributed by atoms with Crippen LogP contribution >= 0.6 is 0 Å². The van der Waals surface area contributed by atoms with Crippen LogP contribution in [0.3, 0.4) is 0 Å². The molecule has 3 N–H and O–H groups in total. The molecule has 0 aliphatic heterocycles. The molecule has 0 bridgehead atoms. The Morgan fingerprint density at radius 3 is 1.15 bits per heavy atom. The molecule has 0 saturated carbocycles. The van der Waals surface area contributed by atoms with Crippen molar-refractivity contribution in [1.29, 1.82) is 0 Å². The first-order valence-electron chi connectivity index (χ1n) is 27.9. The first kappa shape index (κ1) is 60.6. The predicted octanol–water partition coefficient (Wildman–Crippen LogP) is 16.9. The van der Waals surface area contributed by atoms with Crippen molar-refractivity contribution in [2.75, 3.05) is 13.2 Å². The molecule has 0 saturated heterocycles. The van der Waals surface area contributed by atoms with E-state index in [-0.39, 0.29) is 18.5 Å². The number of carbonyl (C=O) groups is 2. The van der Waals surface area contributed by atoms with Gasteiger partial charge in [0.2, 0.25) is 5.91 Å². The van der Waals surface area contributed by atoms with E-state index in [0.717, 1.165) is 38.5 Å². The molecule has 0 spiro atoms. The van der Waals surface area contributed by atoms with Gasteiger partial charge >= 0.3 is 5.97 Å². The predicted molar refractivity (Wildman–Crippen MR) is 269 cm³/mol. The molecule has 368 valence electrons. The number of allylic oxidation sites excluding steroid dienone is 2. The van der Waals surface area contributed by atoms with E-state index in [4.69, 9.17) is 4.74 Å². The number of rotatable bonds is 52. The second kappa shape index (κ2) is 52.2. The van der Waals surface area contributed by atoms with Crippen molar-refractivity contribution in [3.63, 3.8) is 0 Å². The van der Waals surface area contributed by atoms with Gasteiger partial charge in [-0.2, -0.15) is 0 Å². The standard InChI is InChI=1S/C56H109NO5/c1-3-5-7-9-11-13-15-24-28-32-36-40-44-48-54(59)53(52-58)57-55(60)49-45-41-37-33-29-26-22-20-18-17-19-21-23-27-31-35-39-43-47-51-62-56(61)50-46-42-38-34-30-25-16-14-12-10-8-6-4-2/h17-18,53-54,58-59H,3-16,19-52H2,1-2H3,(H,57,60)/b18-17-. The van der Waals surface area contributed by atoms with Gasteiger partial charge in [-0.25, -0.2) is 0 Å². The smallest absolute Gasteiger partial charge is 0.305 e. The van der Waals surface area contributed by atoms with Crippen molar-refractivity contribution >= 4 is 11.9 Å². The molecular weight excluding hydrogens is 767 g/mol. The van der Waals surface area contributed by atoms with Crippen LogP contribution in [0.15, 0.2) is 12.2 Å². The van der Waals surface area contributed by atoms with Gasteiger partial charge in [-0.15, -0.1) is 0 Å².